The van der Waals surface area contributed by atoms with Gasteiger partial charge in [0.15, 0.2) is 0 Å². The lowest BCUT2D eigenvalue weighted by Gasteiger charge is -2.27. The number of carboxylic acid groups (broad SMARTS) is 1. The maximum atomic E-state index is 11.1. The van der Waals surface area contributed by atoms with E-state index in [0.717, 1.165) is 30.6 Å². The Kier molecular flexibility index (Phi) is 6.94. The van der Waals surface area contributed by atoms with Crippen molar-refractivity contribution in [2.45, 2.75) is 58.8 Å². The highest BCUT2D eigenvalue weighted by molar-refractivity contribution is 5.88. The Labute approximate surface area is 140 Å². The second-order valence-corrected chi connectivity index (χ2v) is 7.06. The van der Waals surface area contributed by atoms with E-state index in [1.54, 1.807) is 12.1 Å². The molecule has 128 valence electrons. The normalized spacial score (nSPS) is 21.1. The summed E-state index contributed by atoms with van der Waals surface area (Å²) in [4.78, 5) is 13.4. The van der Waals surface area contributed by atoms with Crippen LogP contribution in [0.25, 0.3) is 0 Å². The first-order chi connectivity index (χ1) is 11.1. The Morgan fingerprint density at radius 3 is 2.61 bits per heavy atom. The van der Waals surface area contributed by atoms with Gasteiger partial charge >= 0.3 is 5.97 Å². The Hall–Kier alpha value is -1.51. The van der Waals surface area contributed by atoms with Crippen molar-refractivity contribution in [3.8, 4) is 0 Å². The monoisotopic (exact) mass is 317 g/mol. The van der Waals surface area contributed by atoms with Gasteiger partial charge in [0.1, 0.15) is 0 Å². The molecule has 1 aliphatic carbocycles. The molecule has 1 fully saturated rings. The molecular formula is C20H31NO2. The van der Waals surface area contributed by atoms with Crippen LogP contribution in [0, 0.1) is 11.8 Å². The Morgan fingerprint density at radius 1 is 1.22 bits per heavy atom. The molecule has 0 radical (unpaired) electrons. The number of hydrogen-bond acceptors (Lipinski definition) is 2. The highest BCUT2D eigenvalue weighted by Crippen LogP contribution is 2.31. The van der Waals surface area contributed by atoms with Crippen LogP contribution in [0.2, 0.25) is 0 Å². The first-order valence-corrected chi connectivity index (χ1v) is 9.18. The summed E-state index contributed by atoms with van der Waals surface area (Å²) in [5.74, 6) is 1.02. The van der Waals surface area contributed by atoms with Gasteiger partial charge in [-0.1, -0.05) is 51.5 Å². The van der Waals surface area contributed by atoms with Crippen LogP contribution >= 0.6 is 0 Å². The second kappa shape index (κ2) is 8.95. The van der Waals surface area contributed by atoms with Crippen LogP contribution < -0.4 is 4.90 Å². The van der Waals surface area contributed by atoms with E-state index >= 15 is 0 Å². The summed E-state index contributed by atoms with van der Waals surface area (Å²) < 4.78 is 0. The third kappa shape index (κ3) is 5.56. The Bertz CT molecular complexity index is 492. The molecule has 0 atom stereocenters. The number of hydrogen-bond donors (Lipinski definition) is 1. The number of carboxylic acids is 1. The molecule has 1 aliphatic rings. The van der Waals surface area contributed by atoms with Crippen LogP contribution in [-0.4, -0.2) is 24.2 Å². The molecule has 1 N–H and O–H groups in total. The van der Waals surface area contributed by atoms with Crippen LogP contribution in [0.1, 0.15) is 69.2 Å². The highest BCUT2D eigenvalue weighted by atomic mass is 16.4. The van der Waals surface area contributed by atoms with Crippen molar-refractivity contribution >= 4 is 11.7 Å². The zero-order chi connectivity index (χ0) is 16.7. The molecule has 23 heavy (non-hydrogen) atoms. The molecule has 3 nitrogen and oxygen atoms in total. The van der Waals surface area contributed by atoms with Crippen LogP contribution in [0.15, 0.2) is 24.3 Å². The number of aromatic carboxylic acids is 1. The summed E-state index contributed by atoms with van der Waals surface area (Å²) in [5, 5.41) is 9.12. The minimum atomic E-state index is -0.852. The number of rotatable bonds is 8. The van der Waals surface area contributed by atoms with Crippen LogP contribution in [0.5, 0.6) is 0 Å². The van der Waals surface area contributed by atoms with E-state index < -0.39 is 5.97 Å². The second-order valence-electron chi connectivity index (χ2n) is 7.06. The first kappa shape index (κ1) is 17.8. The molecule has 1 saturated carbocycles. The smallest absolute Gasteiger partial charge is 0.335 e. The van der Waals surface area contributed by atoms with E-state index in [2.05, 4.69) is 18.7 Å². The maximum Gasteiger partial charge on any atom is 0.335 e. The van der Waals surface area contributed by atoms with Gasteiger partial charge in [0.05, 0.1) is 5.56 Å². The molecule has 0 amide bonds. The fourth-order valence-corrected chi connectivity index (χ4v) is 3.66. The molecule has 0 unspecified atom stereocenters. The topological polar surface area (TPSA) is 40.5 Å². The minimum Gasteiger partial charge on any atom is -0.478 e. The third-order valence-electron chi connectivity index (χ3n) is 5.27. The number of unbranched alkanes of at least 4 members (excludes halogenated alkanes) is 1. The zero-order valence-electron chi connectivity index (χ0n) is 14.6. The molecule has 0 saturated heterocycles. The van der Waals surface area contributed by atoms with Gasteiger partial charge in [0, 0.05) is 18.8 Å². The number of nitrogens with zero attached hydrogens (tertiary/aromatic N) is 1. The quantitative estimate of drug-likeness (QED) is 0.669. The SMILES string of the molecule is CCN(CCCCC1CCC(C)CC1)c1cccc(C(=O)O)c1. The fraction of sp³-hybridized carbons (Fsp3) is 0.650. The van der Waals surface area contributed by atoms with E-state index in [1.807, 2.05) is 12.1 Å². The number of benzene rings is 1. The third-order valence-corrected chi connectivity index (χ3v) is 5.27. The van der Waals surface area contributed by atoms with Crippen molar-refractivity contribution in [1.29, 1.82) is 0 Å². The predicted molar refractivity (Wildman–Crippen MR) is 96.3 cm³/mol. The zero-order valence-corrected chi connectivity index (χ0v) is 14.6. The lowest BCUT2D eigenvalue weighted by molar-refractivity contribution is 0.0697. The summed E-state index contributed by atoms with van der Waals surface area (Å²) in [7, 11) is 0. The summed E-state index contributed by atoms with van der Waals surface area (Å²) in [6.45, 7) is 6.45. The summed E-state index contributed by atoms with van der Waals surface area (Å²) in [5.41, 5.74) is 1.40. The van der Waals surface area contributed by atoms with E-state index in [9.17, 15) is 4.79 Å². The summed E-state index contributed by atoms with van der Waals surface area (Å²) in [6.07, 6.45) is 9.49. The van der Waals surface area contributed by atoms with E-state index in [4.69, 9.17) is 5.11 Å². The lowest BCUT2D eigenvalue weighted by atomic mass is 9.81. The molecule has 0 heterocycles. The van der Waals surface area contributed by atoms with E-state index in [-0.39, 0.29) is 0 Å². The van der Waals surface area contributed by atoms with Gasteiger partial charge in [-0.2, -0.15) is 0 Å². The van der Waals surface area contributed by atoms with Gasteiger partial charge in [-0.05, 0) is 43.4 Å². The molecule has 0 spiro atoms. The van der Waals surface area contributed by atoms with Gasteiger partial charge in [-0.25, -0.2) is 4.79 Å². The Balaban J connectivity index is 1.76. The van der Waals surface area contributed by atoms with E-state index in [1.165, 1.54) is 44.9 Å². The molecule has 1 aromatic carbocycles. The standard InChI is InChI=1S/C20H31NO2/c1-3-21(19-9-6-8-18(15-19)20(22)23)14-5-4-7-17-12-10-16(2)11-13-17/h6,8-9,15-17H,3-5,7,10-14H2,1-2H3,(H,22,23). The summed E-state index contributed by atoms with van der Waals surface area (Å²) in [6, 6.07) is 7.29. The highest BCUT2D eigenvalue weighted by Gasteiger charge is 2.17. The van der Waals surface area contributed by atoms with Gasteiger partial charge in [0.25, 0.3) is 0 Å². The molecule has 1 aromatic rings. The Morgan fingerprint density at radius 2 is 1.96 bits per heavy atom. The van der Waals surface area contributed by atoms with E-state index in [0.29, 0.717) is 5.56 Å². The number of carbonyl (C=O) groups is 1. The van der Waals surface area contributed by atoms with Crippen molar-refractivity contribution in [3.05, 3.63) is 29.8 Å². The van der Waals surface area contributed by atoms with Crippen LogP contribution in [0.4, 0.5) is 5.69 Å². The van der Waals surface area contributed by atoms with Crippen molar-refractivity contribution in [2.75, 3.05) is 18.0 Å². The van der Waals surface area contributed by atoms with Gasteiger partial charge < -0.3 is 10.0 Å². The largest absolute Gasteiger partial charge is 0.478 e. The average Bonchev–Trinajstić information content (AvgIpc) is 2.56. The fourth-order valence-electron chi connectivity index (χ4n) is 3.66. The van der Waals surface area contributed by atoms with Crippen molar-refractivity contribution in [3.63, 3.8) is 0 Å². The predicted octanol–water partition coefficient (Wildman–Crippen LogP) is 5.21. The molecule has 0 aliphatic heterocycles. The van der Waals surface area contributed by atoms with Crippen LogP contribution in [-0.2, 0) is 0 Å². The van der Waals surface area contributed by atoms with Crippen molar-refractivity contribution in [2.24, 2.45) is 11.8 Å². The average molecular weight is 317 g/mol. The van der Waals surface area contributed by atoms with Gasteiger partial charge in [-0.3, -0.25) is 0 Å². The molecular weight excluding hydrogens is 286 g/mol. The molecule has 0 bridgehead atoms. The maximum absolute atomic E-state index is 11.1. The molecule has 0 aromatic heterocycles. The van der Waals surface area contributed by atoms with Gasteiger partial charge in [-0.15, -0.1) is 0 Å². The van der Waals surface area contributed by atoms with Crippen LogP contribution in [0.3, 0.4) is 0 Å². The minimum absolute atomic E-state index is 0.372. The first-order valence-electron chi connectivity index (χ1n) is 9.18. The summed E-state index contributed by atoms with van der Waals surface area (Å²) >= 11 is 0. The molecule has 3 heteroatoms. The number of anilines is 1. The van der Waals surface area contributed by atoms with Crippen molar-refractivity contribution in [1.82, 2.24) is 0 Å². The molecule has 2 rings (SSSR count). The lowest BCUT2D eigenvalue weighted by Crippen LogP contribution is -2.24. The van der Waals surface area contributed by atoms with Crippen molar-refractivity contribution < 1.29 is 9.90 Å². The van der Waals surface area contributed by atoms with Gasteiger partial charge in [0.2, 0.25) is 0 Å².